The van der Waals surface area contributed by atoms with Gasteiger partial charge >= 0.3 is 0 Å². The van der Waals surface area contributed by atoms with Gasteiger partial charge in [0.05, 0.1) is 5.02 Å². The van der Waals surface area contributed by atoms with Gasteiger partial charge in [0.1, 0.15) is 11.4 Å². The van der Waals surface area contributed by atoms with E-state index in [2.05, 4.69) is 35.2 Å². The van der Waals surface area contributed by atoms with Gasteiger partial charge < -0.3 is 5.32 Å². The van der Waals surface area contributed by atoms with Crippen LogP contribution in [0.3, 0.4) is 0 Å². The lowest BCUT2D eigenvalue weighted by atomic mass is 10.2. The van der Waals surface area contributed by atoms with Gasteiger partial charge in [-0.2, -0.15) is 0 Å². The van der Waals surface area contributed by atoms with Crippen molar-refractivity contribution in [3.8, 4) is 0 Å². The van der Waals surface area contributed by atoms with E-state index in [1.165, 1.54) is 11.9 Å². The molecule has 0 spiro atoms. The van der Waals surface area contributed by atoms with E-state index < -0.39 is 0 Å². The molecule has 19 heavy (non-hydrogen) atoms. The Hall–Kier alpha value is -1.10. The number of rotatable bonds is 5. The first-order chi connectivity index (χ1) is 9.15. The third kappa shape index (κ3) is 4.49. The van der Waals surface area contributed by atoms with Crippen molar-refractivity contribution >= 4 is 23.4 Å². The third-order valence-corrected chi connectivity index (χ3v) is 3.93. The van der Waals surface area contributed by atoms with Crippen LogP contribution >= 0.6 is 23.4 Å². The van der Waals surface area contributed by atoms with Gasteiger partial charge in [0.25, 0.3) is 0 Å². The lowest BCUT2D eigenvalue weighted by Gasteiger charge is -2.10. The van der Waals surface area contributed by atoms with Crippen molar-refractivity contribution in [2.75, 3.05) is 0 Å². The maximum absolute atomic E-state index is 6.30. The van der Waals surface area contributed by atoms with Crippen molar-refractivity contribution < 1.29 is 0 Å². The molecule has 0 unspecified atom stereocenters. The van der Waals surface area contributed by atoms with E-state index >= 15 is 0 Å². The van der Waals surface area contributed by atoms with Gasteiger partial charge in [0, 0.05) is 23.7 Å². The van der Waals surface area contributed by atoms with Crippen LogP contribution in [0.5, 0.6) is 0 Å². The van der Waals surface area contributed by atoms with Gasteiger partial charge in [-0.05, 0) is 23.8 Å². The van der Waals surface area contributed by atoms with Crippen molar-refractivity contribution in [2.24, 2.45) is 0 Å². The molecule has 3 nitrogen and oxygen atoms in total. The third-order valence-electron chi connectivity index (χ3n) is 2.48. The second kappa shape index (κ2) is 6.89. The minimum atomic E-state index is 0.467. The van der Waals surface area contributed by atoms with Crippen molar-refractivity contribution in [2.45, 2.75) is 36.4 Å². The lowest BCUT2D eigenvalue weighted by Crippen LogP contribution is -2.21. The van der Waals surface area contributed by atoms with Crippen LogP contribution in [0.2, 0.25) is 5.02 Å². The molecule has 0 aliphatic heterocycles. The van der Waals surface area contributed by atoms with E-state index in [9.17, 15) is 0 Å². The van der Waals surface area contributed by atoms with E-state index in [0.717, 1.165) is 21.5 Å². The Morgan fingerprint density at radius 1 is 1.32 bits per heavy atom. The van der Waals surface area contributed by atoms with E-state index in [-0.39, 0.29) is 0 Å². The van der Waals surface area contributed by atoms with Crippen LogP contribution in [0, 0.1) is 0 Å². The number of benzene rings is 1. The van der Waals surface area contributed by atoms with Crippen molar-refractivity contribution in [1.82, 2.24) is 15.3 Å². The smallest absolute Gasteiger partial charge is 0.116 e. The predicted molar refractivity (Wildman–Crippen MR) is 79.6 cm³/mol. The van der Waals surface area contributed by atoms with Crippen LogP contribution in [-0.2, 0) is 6.54 Å². The summed E-state index contributed by atoms with van der Waals surface area (Å²) in [6.45, 7) is 5.08. The number of aromatic nitrogens is 2. The van der Waals surface area contributed by atoms with Crippen molar-refractivity contribution in [3.63, 3.8) is 0 Å². The molecule has 1 heterocycles. The Morgan fingerprint density at radius 3 is 2.79 bits per heavy atom. The number of nitrogens with one attached hydrogen (secondary N) is 1. The number of nitrogens with zero attached hydrogens (tertiary/aromatic N) is 2. The Balaban J connectivity index is 2.07. The average molecular weight is 294 g/mol. The zero-order chi connectivity index (χ0) is 13.7. The molecule has 2 aromatic rings. The molecule has 0 atom stereocenters. The zero-order valence-corrected chi connectivity index (χ0v) is 12.5. The Labute approximate surface area is 122 Å². The number of hydrogen-bond donors (Lipinski definition) is 1. The minimum absolute atomic E-state index is 0.467. The van der Waals surface area contributed by atoms with Crippen LogP contribution in [-0.4, -0.2) is 16.0 Å². The summed E-state index contributed by atoms with van der Waals surface area (Å²) >= 11 is 7.85. The van der Waals surface area contributed by atoms with Crippen LogP contribution in [0.15, 0.2) is 46.7 Å². The van der Waals surface area contributed by atoms with Crippen molar-refractivity contribution in [3.05, 3.63) is 47.4 Å². The standard InChI is InChI=1S/C14H16ClN3S/c1-10(2)17-8-11-3-4-13(12(15)7-11)19-14-5-6-16-9-18-14/h3-7,9-10,17H,8H2,1-2H3. The number of hydrogen-bond acceptors (Lipinski definition) is 4. The molecule has 0 aliphatic rings. The number of halogens is 1. The second-order valence-electron chi connectivity index (χ2n) is 4.45. The first kappa shape index (κ1) is 14.3. The van der Waals surface area contributed by atoms with Crippen molar-refractivity contribution in [1.29, 1.82) is 0 Å². The van der Waals surface area contributed by atoms with E-state index in [4.69, 9.17) is 11.6 Å². The Morgan fingerprint density at radius 2 is 2.16 bits per heavy atom. The summed E-state index contributed by atoms with van der Waals surface area (Å²) in [7, 11) is 0. The van der Waals surface area contributed by atoms with Crippen LogP contribution in [0.1, 0.15) is 19.4 Å². The largest absolute Gasteiger partial charge is 0.310 e. The fourth-order valence-corrected chi connectivity index (χ4v) is 2.58. The Bertz CT molecular complexity index is 531. The maximum atomic E-state index is 6.30. The second-order valence-corrected chi connectivity index (χ2v) is 5.92. The summed E-state index contributed by atoms with van der Waals surface area (Å²) < 4.78 is 0. The highest BCUT2D eigenvalue weighted by Crippen LogP contribution is 2.32. The molecule has 100 valence electrons. The topological polar surface area (TPSA) is 37.8 Å². The summed E-state index contributed by atoms with van der Waals surface area (Å²) in [6, 6.07) is 8.46. The minimum Gasteiger partial charge on any atom is -0.310 e. The first-order valence-electron chi connectivity index (χ1n) is 6.11. The molecule has 2 rings (SSSR count). The van der Waals surface area contributed by atoms with Gasteiger partial charge in [-0.1, -0.05) is 43.3 Å². The maximum Gasteiger partial charge on any atom is 0.116 e. The molecule has 0 fully saturated rings. The van der Waals surface area contributed by atoms with Gasteiger partial charge in [-0.3, -0.25) is 0 Å². The highest BCUT2D eigenvalue weighted by molar-refractivity contribution is 7.99. The summed E-state index contributed by atoms with van der Waals surface area (Å²) in [5, 5.41) is 5.02. The zero-order valence-electron chi connectivity index (χ0n) is 10.9. The monoisotopic (exact) mass is 293 g/mol. The van der Waals surface area contributed by atoms with Gasteiger partial charge in [-0.15, -0.1) is 0 Å². The average Bonchev–Trinajstić information content (AvgIpc) is 2.40. The van der Waals surface area contributed by atoms with E-state index in [0.29, 0.717) is 6.04 Å². The van der Waals surface area contributed by atoms with Crippen LogP contribution in [0.4, 0.5) is 0 Å². The fourth-order valence-electron chi connectivity index (χ4n) is 1.51. The molecule has 0 saturated heterocycles. The molecule has 1 aromatic carbocycles. The Kier molecular flexibility index (Phi) is 5.19. The molecule has 0 aliphatic carbocycles. The molecular weight excluding hydrogens is 278 g/mol. The normalized spacial score (nSPS) is 10.9. The molecule has 5 heteroatoms. The quantitative estimate of drug-likeness (QED) is 0.852. The molecule has 0 saturated carbocycles. The molecular formula is C14H16ClN3S. The molecule has 1 aromatic heterocycles. The van der Waals surface area contributed by atoms with Gasteiger partial charge in [-0.25, -0.2) is 9.97 Å². The molecule has 0 amide bonds. The predicted octanol–water partition coefficient (Wildman–Crippen LogP) is 3.78. The summed E-state index contributed by atoms with van der Waals surface area (Å²) in [5.74, 6) is 0. The van der Waals surface area contributed by atoms with Crippen LogP contribution < -0.4 is 5.32 Å². The molecule has 1 N–H and O–H groups in total. The molecule has 0 bridgehead atoms. The summed E-state index contributed by atoms with van der Waals surface area (Å²) in [5.41, 5.74) is 1.19. The first-order valence-corrected chi connectivity index (χ1v) is 7.30. The van der Waals surface area contributed by atoms with Gasteiger partial charge in [0.2, 0.25) is 0 Å². The van der Waals surface area contributed by atoms with E-state index in [1.54, 1.807) is 18.0 Å². The summed E-state index contributed by atoms with van der Waals surface area (Å²) in [6.07, 6.45) is 3.27. The SMILES string of the molecule is CC(C)NCc1ccc(Sc2ccncn2)c(Cl)c1. The van der Waals surface area contributed by atoms with Crippen LogP contribution in [0.25, 0.3) is 0 Å². The van der Waals surface area contributed by atoms with Gasteiger partial charge in [0.15, 0.2) is 0 Å². The summed E-state index contributed by atoms with van der Waals surface area (Å²) in [4.78, 5) is 9.08. The van der Waals surface area contributed by atoms with E-state index in [1.807, 2.05) is 18.2 Å². The molecule has 0 radical (unpaired) electrons. The lowest BCUT2D eigenvalue weighted by molar-refractivity contribution is 0.589. The highest BCUT2D eigenvalue weighted by atomic mass is 35.5. The highest BCUT2D eigenvalue weighted by Gasteiger charge is 2.05. The fraction of sp³-hybridized carbons (Fsp3) is 0.286.